The van der Waals surface area contributed by atoms with Gasteiger partial charge >= 0.3 is 0 Å². The first-order chi connectivity index (χ1) is 29.2. The highest BCUT2D eigenvalue weighted by Crippen LogP contribution is 2.42. The molecule has 12 aromatic rings. The van der Waals surface area contributed by atoms with Crippen molar-refractivity contribution in [3.63, 3.8) is 0 Å². The highest BCUT2D eigenvalue weighted by molar-refractivity contribution is 6.22. The predicted octanol–water partition coefficient (Wildman–Crippen LogP) is 14.0. The quantitative estimate of drug-likeness (QED) is 0.169. The lowest BCUT2D eigenvalue weighted by Gasteiger charge is -2.25. The maximum absolute atomic E-state index is 6.22. The number of nitrogens with zero attached hydrogens (tertiary/aromatic N) is 5. The molecule has 12 rings (SSSR count). The van der Waals surface area contributed by atoms with Crippen molar-refractivity contribution in [2.45, 2.75) is 0 Å². The van der Waals surface area contributed by atoms with Gasteiger partial charge in [0.15, 0.2) is 11.6 Å². The Bertz CT molecular complexity index is 3520. The number of hydrogen-bond donors (Lipinski definition) is 0. The molecular formula is C53H33N5O. The van der Waals surface area contributed by atoms with Crippen LogP contribution < -0.4 is 4.90 Å². The van der Waals surface area contributed by atoms with Gasteiger partial charge in [-0.15, -0.1) is 0 Å². The third-order valence-corrected chi connectivity index (χ3v) is 11.4. The van der Waals surface area contributed by atoms with Gasteiger partial charge in [0.05, 0.1) is 11.0 Å². The smallest absolute Gasteiger partial charge is 0.238 e. The number of para-hydroxylation sites is 3. The normalized spacial score (nSPS) is 11.7. The SMILES string of the molecule is c1ccc(-c2nc(-c3ccc4c(ccc5oc6ccccc6c54)c3)nc(-n3c4ccc(N(c5ccccc5)c5ccccc5)cc4c4c5ccccc5ccc43)n2)cc1. The molecule has 3 aromatic heterocycles. The number of furan rings is 1. The molecule has 0 saturated heterocycles. The summed E-state index contributed by atoms with van der Waals surface area (Å²) in [5.41, 5.74) is 8.82. The van der Waals surface area contributed by atoms with Crippen molar-refractivity contribution in [3.8, 4) is 28.7 Å². The minimum absolute atomic E-state index is 0.552. The Morgan fingerprint density at radius 2 is 1.00 bits per heavy atom. The number of rotatable bonds is 6. The van der Waals surface area contributed by atoms with Crippen LogP contribution in [0, 0.1) is 0 Å². The summed E-state index contributed by atoms with van der Waals surface area (Å²) in [5, 5.41) is 9.02. The molecule has 0 aliphatic rings. The zero-order valence-electron chi connectivity index (χ0n) is 31.7. The van der Waals surface area contributed by atoms with Crippen LogP contribution in [-0.4, -0.2) is 19.5 Å². The predicted molar refractivity (Wildman–Crippen MR) is 242 cm³/mol. The number of anilines is 3. The summed E-state index contributed by atoms with van der Waals surface area (Å²) in [6, 6.07) is 69.8. The van der Waals surface area contributed by atoms with E-state index in [9.17, 15) is 0 Å². The van der Waals surface area contributed by atoms with Crippen LogP contribution in [0.25, 0.3) is 94.0 Å². The second kappa shape index (κ2) is 13.3. The summed E-state index contributed by atoms with van der Waals surface area (Å²) in [4.78, 5) is 18.0. The molecule has 0 saturated carbocycles. The van der Waals surface area contributed by atoms with E-state index in [4.69, 9.17) is 19.4 Å². The monoisotopic (exact) mass is 755 g/mol. The molecule has 0 atom stereocenters. The van der Waals surface area contributed by atoms with Gasteiger partial charge in [0.25, 0.3) is 0 Å². The van der Waals surface area contributed by atoms with Gasteiger partial charge in [-0.05, 0) is 88.3 Å². The van der Waals surface area contributed by atoms with Crippen molar-refractivity contribution in [1.29, 1.82) is 0 Å². The van der Waals surface area contributed by atoms with Crippen molar-refractivity contribution < 1.29 is 4.42 Å². The maximum atomic E-state index is 6.22. The lowest BCUT2D eigenvalue weighted by Crippen LogP contribution is -2.09. The minimum atomic E-state index is 0.552. The van der Waals surface area contributed by atoms with Gasteiger partial charge in [-0.1, -0.05) is 133 Å². The Morgan fingerprint density at radius 1 is 0.373 bits per heavy atom. The van der Waals surface area contributed by atoms with E-state index in [1.165, 1.54) is 10.8 Å². The number of aromatic nitrogens is 4. The zero-order chi connectivity index (χ0) is 38.9. The first kappa shape index (κ1) is 33.1. The summed E-state index contributed by atoms with van der Waals surface area (Å²) >= 11 is 0. The molecule has 9 aromatic carbocycles. The standard InChI is InChI=1S/C53H33N5O/c1-4-15-35(16-5-1)51-54-52(37-24-28-42-36(32-37)26-31-48-50(42)43-22-12-13-23-47(43)59-48)56-53(55-51)58-45-30-27-40(57(38-17-6-2-7-18-38)39-19-8-3-9-20-39)33-44(45)49-41-21-11-10-14-34(41)25-29-46(49)58/h1-33H. The third-order valence-electron chi connectivity index (χ3n) is 11.4. The summed E-state index contributed by atoms with van der Waals surface area (Å²) in [6.07, 6.45) is 0. The molecule has 59 heavy (non-hydrogen) atoms. The molecule has 0 aliphatic heterocycles. The Kier molecular flexibility index (Phi) is 7.43. The summed E-state index contributed by atoms with van der Waals surface area (Å²) in [5.74, 6) is 1.75. The largest absolute Gasteiger partial charge is 0.456 e. The van der Waals surface area contributed by atoms with Crippen molar-refractivity contribution in [1.82, 2.24) is 19.5 Å². The molecule has 0 radical (unpaired) electrons. The molecule has 6 nitrogen and oxygen atoms in total. The van der Waals surface area contributed by atoms with E-state index in [1.54, 1.807) is 0 Å². The van der Waals surface area contributed by atoms with Gasteiger partial charge < -0.3 is 9.32 Å². The lowest BCUT2D eigenvalue weighted by atomic mass is 10.0. The molecule has 0 unspecified atom stereocenters. The fourth-order valence-corrected chi connectivity index (χ4v) is 8.74. The average Bonchev–Trinajstić information content (AvgIpc) is 3.86. The van der Waals surface area contributed by atoms with Gasteiger partial charge in [0.1, 0.15) is 11.2 Å². The first-order valence-corrected chi connectivity index (χ1v) is 19.8. The van der Waals surface area contributed by atoms with Crippen molar-refractivity contribution in [2.75, 3.05) is 4.90 Å². The first-order valence-electron chi connectivity index (χ1n) is 19.8. The number of benzene rings is 9. The van der Waals surface area contributed by atoms with Gasteiger partial charge in [0.2, 0.25) is 5.95 Å². The average molecular weight is 756 g/mol. The minimum Gasteiger partial charge on any atom is -0.456 e. The van der Waals surface area contributed by atoms with E-state index >= 15 is 0 Å². The molecule has 0 fully saturated rings. The molecule has 0 aliphatic carbocycles. The van der Waals surface area contributed by atoms with Crippen LogP contribution >= 0.6 is 0 Å². The van der Waals surface area contributed by atoms with E-state index < -0.39 is 0 Å². The van der Waals surface area contributed by atoms with Gasteiger partial charge in [-0.3, -0.25) is 4.57 Å². The van der Waals surface area contributed by atoms with Gasteiger partial charge in [-0.25, -0.2) is 4.98 Å². The second-order valence-corrected chi connectivity index (χ2v) is 14.8. The van der Waals surface area contributed by atoms with E-state index in [0.29, 0.717) is 17.6 Å². The van der Waals surface area contributed by atoms with Crippen LogP contribution in [0.1, 0.15) is 0 Å². The molecular weight excluding hydrogens is 723 g/mol. The summed E-state index contributed by atoms with van der Waals surface area (Å²) < 4.78 is 8.43. The topological polar surface area (TPSA) is 60.0 Å². The number of fused-ring (bicyclic) bond motifs is 10. The fourth-order valence-electron chi connectivity index (χ4n) is 8.74. The Morgan fingerprint density at radius 3 is 1.78 bits per heavy atom. The van der Waals surface area contributed by atoms with E-state index in [0.717, 1.165) is 82.7 Å². The number of hydrogen-bond acceptors (Lipinski definition) is 5. The highest BCUT2D eigenvalue weighted by atomic mass is 16.3. The zero-order valence-corrected chi connectivity index (χ0v) is 31.7. The van der Waals surface area contributed by atoms with Crippen molar-refractivity contribution in [3.05, 3.63) is 200 Å². The Hall–Kier alpha value is -8.09. The van der Waals surface area contributed by atoms with Gasteiger partial charge in [-0.2, -0.15) is 9.97 Å². The highest BCUT2D eigenvalue weighted by Gasteiger charge is 2.22. The molecule has 6 heteroatoms. The molecule has 0 amide bonds. The molecule has 0 spiro atoms. The second-order valence-electron chi connectivity index (χ2n) is 14.8. The molecule has 276 valence electrons. The third kappa shape index (κ3) is 5.38. The van der Waals surface area contributed by atoms with Crippen LogP contribution in [0.15, 0.2) is 205 Å². The Labute approximate surface area is 338 Å². The van der Waals surface area contributed by atoms with Crippen molar-refractivity contribution >= 4 is 82.4 Å². The summed E-state index contributed by atoms with van der Waals surface area (Å²) in [7, 11) is 0. The van der Waals surface area contributed by atoms with Gasteiger partial charge in [0, 0.05) is 49.7 Å². The van der Waals surface area contributed by atoms with E-state index in [2.05, 4.69) is 179 Å². The van der Waals surface area contributed by atoms with Crippen molar-refractivity contribution in [2.24, 2.45) is 0 Å². The molecule has 3 heterocycles. The van der Waals surface area contributed by atoms with Crippen LogP contribution in [0.3, 0.4) is 0 Å². The molecule has 0 bridgehead atoms. The van der Waals surface area contributed by atoms with Crippen LogP contribution in [-0.2, 0) is 0 Å². The maximum Gasteiger partial charge on any atom is 0.238 e. The van der Waals surface area contributed by atoms with Crippen LogP contribution in [0.2, 0.25) is 0 Å². The van der Waals surface area contributed by atoms with Crippen LogP contribution in [0.5, 0.6) is 0 Å². The van der Waals surface area contributed by atoms with E-state index in [-0.39, 0.29) is 0 Å². The summed E-state index contributed by atoms with van der Waals surface area (Å²) in [6.45, 7) is 0. The fraction of sp³-hybridized carbons (Fsp3) is 0. The lowest BCUT2D eigenvalue weighted by molar-refractivity contribution is 0.669. The van der Waals surface area contributed by atoms with E-state index in [1.807, 2.05) is 30.3 Å². The molecule has 0 N–H and O–H groups in total. The Balaban J connectivity index is 1.11. The van der Waals surface area contributed by atoms with Crippen LogP contribution in [0.4, 0.5) is 17.1 Å².